The Hall–Kier alpha value is -3.26. The first-order valence-electron chi connectivity index (χ1n) is 11.0. The number of nitrogens with one attached hydrogen (secondary N) is 1. The molecule has 4 rings (SSSR count). The van der Waals surface area contributed by atoms with Gasteiger partial charge in [0, 0.05) is 36.4 Å². The van der Waals surface area contributed by atoms with Gasteiger partial charge in [-0.05, 0) is 49.1 Å². The zero-order valence-electron chi connectivity index (χ0n) is 18.1. The molecule has 1 aromatic carbocycles. The van der Waals surface area contributed by atoms with E-state index in [-0.39, 0.29) is 30.8 Å². The third-order valence-corrected chi connectivity index (χ3v) is 5.60. The molecule has 1 aliphatic rings. The number of ether oxygens (including phenoxy) is 2. The van der Waals surface area contributed by atoms with Gasteiger partial charge in [-0.2, -0.15) is 0 Å². The Labute approximate surface area is 185 Å². The highest BCUT2D eigenvalue weighted by molar-refractivity contribution is 6.09. The smallest absolute Gasteiger partial charge is 0.306 e. The van der Waals surface area contributed by atoms with Gasteiger partial charge >= 0.3 is 5.97 Å². The van der Waals surface area contributed by atoms with E-state index in [1.165, 1.54) is 0 Å². The molecule has 8 nitrogen and oxygen atoms in total. The van der Waals surface area contributed by atoms with Crippen LogP contribution >= 0.6 is 0 Å². The number of nitrogens with zero attached hydrogens (tertiary/aromatic N) is 2. The van der Waals surface area contributed by atoms with Crippen molar-refractivity contribution in [2.75, 3.05) is 19.8 Å². The van der Waals surface area contributed by atoms with Crippen LogP contribution in [0.3, 0.4) is 0 Å². The SMILES string of the molecule is CCCOCCOC(=O)CCc1ccc2c(c1)c1cccnc1n2C1CCC(=O)NC1=O. The number of hydrogen-bond acceptors (Lipinski definition) is 6. The highest BCUT2D eigenvalue weighted by Crippen LogP contribution is 2.34. The van der Waals surface area contributed by atoms with E-state index in [0.29, 0.717) is 38.1 Å². The maximum Gasteiger partial charge on any atom is 0.306 e. The summed E-state index contributed by atoms with van der Waals surface area (Å²) in [6.07, 6.45) is 4.21. The summed E-state index contributed by atoms with van der Waals surface area (Å²) in [5.74, 6) is -0.802. The third kappa shape index (κ3) is 4.65. The minimum absolute atomic E-state index is 0.244. The number of benzene rings is 1. The number of amides is 2. The molecular weight excluding hydrogens is 410 g/mol. The molecule has 0 spiro atoms. The molecule has 1 saturated heterocycles. The predicted molar refractivity (Wildman–Crippen MR) is 119 cm³/mol. The lowest BCUT2D eigenvalue weighted by molar-refractivity contribution is -0.145. The average Bonchev–Trinajstić information content (AvgIpc) is 3.11. The van der Waals surface area contributed by atoms with Gasteiger partial charge in [0.05, 0.1) is 12.1 Å². The first kappa shape index (κ1) is 22.0. The van der Waals surface area contributed by atoms with Gasteiger partial charge in [0.25, 0.3) is 0 Å². The summed E-state index contributed by atoms with van der Waals surface area (Å²) < 4.78 is 12.5. The molecule has 32 heavy (non-hydrogen) atoms. The Bertz CT molecular complexity index is 1150. The van der Waals surface area contributed by atoms with E-state index in [4.69, 9.17) is 9.47 Å². The Morgan fingerprint density at radius 2 is 2.06 bits per heavy atom. The number of aryl methyl sites for hydroxylation is 1. The van der Waals surface area contributed by atoms with Gasteiger partial charge < -0.3 is 14.0 Å². The Morgan fingerprint density at radius 3 is 2.88 bits per heavy atom. The van der Waals surface area contributed by atoms with Crippen LogP contribution in [0.25, 0.3) is 21.9 Å². The van der Waals surface area contributed by atoms with Crippen molar-refractivity contribution in [1.29, 1.82) is 0 Å². The molecule has 2 aromatic heterocycles. The molecule has 1 aliphatic heterocycles. The monoisotopic (exact) mass is 437 g/mol. The summed E-state index contributed by atoms with van der Waals surface area (Å²) in [5, 5.41) is 4.34. The highest BCUT2D eigenvalue weighted by Gasteiger charge is 2.30. The van der Waals surface area contributed by atoms with Crippen LogP contribution in [0.5, 0.6) is 0 Å². The standard InChI is InChI=1S/C24H27N3O5/c1-2-12-31-13-14-32-22(29)10-6-16-5-7-19-18(15-16)17-4-3-11-25-23(17)27(19)20-8-9-21(28)26-24(20)30/h3-5,7,11,15,20H,2,6,8-10,12-14H2,1H3,(H,26,28,30). The molecule has 1 N–H and O–H groups in total. The van der Waals surface area contributed by atoms with Crippen LogP contribution in [-0.4, -0.2) is 47.2 Å². The average molecular weight is 437 g/mol. The fourth-order valence-electron chi connectivity index (χ4n) is 4.10. The van der Waals surface area contributed by atoms with Crippen LogP contribution in [-0.2, 0) is 30.3 Å². The van der Waals surface area contributed by atoms with Gasteiger partial charge in [0.2, 0.25) is 11.8 Å². The second-order valence-corrected chi connectivity index (χ2v) is 7.90. The lowest BCUT2D eigenvalue weighted by Gasteiger charge is -2.23. The first-order valence-corrected chi connectivity index (χ1v) is 11.0. The van der Waals surface area contributed by atoms with Crippen molar-refractivity contribution in [3.8, 4) is 0 Å². The summed E-state index contributed by atoms with van der Waals surface area (Å²) >= 11 is 0. The molecule has 0 aliphatic carbocycles. The Kier molecular flexibility index (Phi) is 6.80. The maximum atomic E-state index is 12.5. The Balaban J connectivity index is 1.53. The number of fused-ring (bicyclic) bond motifs is 3. The highest BCUT2D eigenvalue weighted by atomic mass is 16.6. The van der Waals surface area contributed by atoms with Crippen LogP contribution in [0.2, 0.25) is 0 Å². The molecule has 8 heteroatoms. The number of carbonyl (C=O) groups excluding carboxylic acids is 3. The van der Waals surface area contributed by atoms with Crippen LogP contribution in [0, 0.1) is 0 Å². The number of hydrogen-bond donors (Lipinski definition) is 1. The predicted octanol–water partition coefficient (Wildman–Crippen LogP) is 3.07. The third-order valence-electron chi connectivity index (χ3n) is 5.60. The fourth-order valence-corrected chi connectivity index (χ4v) is 4.10. The summed E-state index contributed by atoms with van der Waals surface area (Å²) in [6.45, 7) is 3.38. The molecule has 168 valence electrons. The lowest BCUT2D eigenvalue weighted by atomic mass is 10.0. The number of esters is 1. The van der Waals surface area contributed by atoms with Gasteiger partial charge in [-0.15, -0.1) is 0 Å². The van der Waals surface area contributed by atoms with E-state index in [1.54, 1.807) is 6.20 Å². The van der Waals surface area contributed by atoms with Gasteiger partial charge in [-0.25, -0.2) is 4.98 Å². The lowest BCUT2D eigenvalue weighted by Crippen LogP contribution is -2.41. The Morgan fingerprint density at radius 1 is 1.19 bits per heavy atom. The van der Waals surface area contributed by atoms with E-state index in [2.05, 4.69) is 10.3 Å². The quantitative estimate of drug-likeness (QED) is 0.314. The number of imide groups is 1. The van der Waals surface area contributed by atoms with E-state index in [0.717, 1.165) is 28.3 Å². The van der Waals surface area contributed by atoms with E-state index in [1.807, 2.05) is 41.8 Å². The summed E-state index contributed by atoms with van der Waals surface area (Å²) in [7, 11) is 0. The molecule has 1 atom stereocenters. The molecular formula is C24H27N3O5. The van der Waals surface area contributed by atoms with Crippen molar-refractivity contribution < 1.29 is 23.9 Å². The van der Waals surface area contributed by atoms with Gasteiger partial charge in [0.15, 0.2) is 0 Å². The largest absolute Gasteiger partial charge is 0.463 e. The number of piperidine rings is 1. The number of rotatable bonds is 9. The molecule has 0 bridgehead atoms. The summed E-state index contributed by atoms with van der Waals surface area (Å²) in [5.41, 5.74) is 2.59. The van der Waals surface area contributed by atoms with Crippen LogP contribution in [0.15, 0.2) is 36.5 Å². The second kappa shape index (κ2) is 9.91. The zero-order chi connectivity index (χ0) is 22.5. The molecule has 0 radical (unpaired) electrons. The van der Waals surface area contributed by atoms with Crippen molar-refractivity contribution >= 4 is 39.7 Å². The van der Waals surface area contributed by atoms with Crippen molar-refractivity contribution in [1.82, 2.24) is 14.9 Å². The van der Waals surface area contributed by atoms with Crippen LogP contribution < -0.4 is 5.32 Å². The summed E-state index contributed by atoms with van der Waals surface area (Å²) in [6, 6.07) is 9.31. The van der Waals surface area contributed by atoms with Gasteiger partial charge in [-0.1, -0.05) is 13.0 Å². The number of pyridine rings is 1. The molecule has 1 unspecified atom stereocenters. The van der Waals surface area contributed by atoms with Crippen molar-refractivity contribution in [3.05, 3.63) is 42.1 Å². The molecule has 3 aromatic rings. The number of aromatic nitrogens is 2. The second-order valence-electron chi connectivity index (χ2n) is 7.90. The summed E-state index contributed by atoms with van der Waals surface area (Å²) in [4.78, 5) is 40.7. The molecule has 3 heterocycles. The first-order chi connectivity index (χ1) is 15.6. The molecule has 1 fully saturated rings. The minimum Gasteiger partial charge on any atom is -0.463 e. The van der Waals surface area contributed by atoms with E-state index in [9.17, 15) is 14.4 Å². The zero-order valence-corrected chi connectivity index (χ0v) is 18.1. The van der Waals surface area contributed by atoms with E-state index >= 15 is 0 Å². The fraction of sp³-hybridized carbons (Fsp3) is 0.417. The molecule has 0 saturated carbocycles. The van der Waals surface area contributed by atoms with Crippen LogP contribution in [0.4, 0.5) is 0 Å². The topological polar surface area (TPSA) is 99.5 Å². The van der Waals surface area contributed by atoms with Crippen molar-refractivity contribution in [2.24, 2.45) is 0 Å². The normalized spacial score (nSPS) is 16.5. The molecule has 2 amide bonds. The maximum absolute atomic E-state index is 12.5. The van der Waals surface area contributed by atoms with Crippen LogP contribution in [0.1, 0.15) is 44.2 Å². The van der Waals surface area contributed by atoms with Gasteiger partial charge in [0.1, 0.15) is 18.3 Å². The number of carbonyl (C=O) groups is 3. The van der Waals surface area contributed by atoms with Gasteiger partial charge in [-0.3, -0.25) is 19.7 Å². The minimum atomic E-state index is -0.488. The van der Waals surface area contributed by atoms with Crippen molar-refractivity contribution in [3.63, 3.8) is 0 Å². The van der Waals surface area contributed by atoms with E-state index < -0.39 is 6.04 Å². The van der Waals surface area contributed by atoms with Crippen molar-refractivity contribution in [2.45, 2.75) is 45.1 Å².